The Morgan fingerprint density at radius 3 is 2.43 bits per heavy atom. The molecule has 0 aromatic heterocycles. The topological polar surface area (TPSA) is 40.5 Å². The number of hydrogen-bond donors (Lipinski definition) is 2. The van der Waals surface area contributed by atoms with E-state index in [0.717, 1.165) is 31.3 Å². The summed E-state index contributed by atoms with van der Waals surface area (Å²) in [5, 5.41) is 18.5. The van der Waals surface area contributed by atoms with Gasteiger partial charge in [-0.1, -0.05) is 32.4 Å². The highest BCUT2D eigenvalue weighted by Gasteiger charge is 2.12. The first-order chi connectivity index (χ1) is 6.63. The summed E-state index contributed by atoms with van der Waals surface area (Å²) < 4.78 is 0. The van der Waals surface area contributed by atoms with Crippen LogP contribution in [-0.4, -0.2) is 22.9 Å². The van der Waals surface area contributed by atoms with Crippen LogP contribution < -0.4 is 0 Å². The molecule has 0 aliphatic rings. The predicted molar refractivity (Wildman–Crippen MR) is 60.2 cm³/mol. The van der Waals surface area contributed by atoms with Crippen molar-refractivity contribution in [1.29, 1.82) is 0 Å². The van der Waals surface area contributed by atoms with Gasteiger partial charge in [0.25, 0.3) is 0 Å². The van der Waals surface area contributed by atoms with Crippen LogP contribution in [-0.2, 0) is 0 Å². The largest absolute Gasteiger partial charge is 0.396 e. The van der Waals surface area contributed by atoms with Gasteiger partial charge in [-0.25, -0.2) is 0 Å². The first-order valence-electron chi connectivity index (χ1n) is 5.59. The van der Waals surface area contributed by atoms with Crippen LogP contribution in [0, 0.1) is 5.92 Å². The smallest absolute Gasteiger partial charge is 0.0579 e. The molecule has 14 heavy (non-hydrogen) atoms. The molecule has 2 N–H and O–H groups in total. The predicted octanol–water partition coefficient (Wildman–Crippen LogP) is 2.50. The molecule has 2 heteroatoms. The molecule has 0 spiro atoms. The van der Waals surface area contributed by atoms with Crippen molar-refractivity contribution >= 4 is 0 Å². The van der Waals surface area contributed by atoms with E-state index >= 15 is 0 Å². The summed E-state index contributed by atoms with van der Waals surface area (Å²) in [4.78, 5) is 0. The van der Waals surface area contributed by atoms with Crippen molar-refractivity contribution in [3.05, 3.63) is 12.2 Å². The molecule has 0 aliphatic heterocycles. The third kappa shape index (κ3) is 6.17. The van der Waals surface area contributed by atoms with Crippen molar-refractivity contribution < 1.29 is 10.2 Å². The third-order valence-electron chi connectivity index (χ3n) is 2.74. The highest BCUT2D eigenvalue weighted by atomic mass is 16.3. The summed E-state index contributed by atoms with van der Waals surface area (Å²) in [6.07, 6.45) is 3.98. The third-order valence-corrected chi connectivity index (χ3v) is 2.74. The van der Waals surface area contributed by atoms with Gasteiger partial charge in [0.15, 0.2) is 0 Å². The maximum Gasteiger partial charge on any atom is 0.0579 e. The fourth-order valence-electron chi connectivity index (χ4n) is 1.62. The zero-order valence-electron chi connectivity index (χ0n) is 9.50. The monoisotopic (exact) mass is 200 g/mol. The zero-order valence-corrected chi connectivity index (χ0v) is 9.50. The molecule has 0 bridgehead atoms. The fourth-order valence-corrected chi connectivity index (χ4v) is 1.62. The molecule has 0 unspecified atom stereocenters. The standard InChI is InChI=1S/C12H24O2/c1-4-10(3)8-12(14)9-11(5-2)6-7-13/h11-14H,3-9H2,1-2H3/t11-,12-/m1/s1. The van der Waals surface area contributed by atoms with E-state index in [2.05, 4.69) is 20.4 Å². The van der Waals surface area contributed by atoms with Gasteiger partial charge in [-0.3, -0.25) is 0 Å². The quantitative estimate of drug-likeness (QED) is 0.591. The zero-order chi connectivity index (χ0) is 11.0. The maximum absolute atomic E-state index is 9.74. The molecule has 0 aromatic carbocycles. The van der Waals surface area contributed by atoms with Crippen LogP contribution in [0.3, 0.4) is 0 Å². The lowest BCUT2D eigenvalue weighted by molar-refractivity contribution is 0.129. The van der Waals surface area contributed by atoms with Crippen molar-refractivity contribution in [3.8, 4) is 0 Å². The van der Waals surface area contributed by atoms with Crippen LogP contribution in [0.1, 0.15) is 46.0 Å². The van der Waals surface area contributed by atoms with Crippen molar-refractivity contribution in [2.24, 2.45) is 5.92 Å². The second-order valence-electron chi connectivity index (χ2n) is 3.98. The average Bonchev–Trinajstić information content (AvgIpc) is 2.16. The summed E-state index contributed by atoms with van der Waals surface area (Å²) >= 11 is 0. The second-order valence-corrected chi connectivity index (χ2v) is 3.98. The Morgan fingerprint density at radius 2 is 2.00 bits per heavy atom. The molecule has 2 nitrogen and oxygen atoms in total. The number of aliphatic hydroxyl groups is 2. The van der Waals surface area contributed by atoms with Gasteiger partial charge in [0.1, 0.15) is 0 Å². The molecule has 2 atom stereocenters. The second kappa shape index (κ2) is 8.01. The van der Waals surface area contributed by atoms with E-state index in [1.54, 1.807) is 0 Å². The van der Waals surface area contributed by atoms with Gasteiger partial charge < -0.3 is 10.2 Å². The summed E-state index contributed by atoms with van der Waals surface area (Å²) in [6.45, 7) is 8.26. The van der Waals surface area contributed by atoms with Crippen LogP contribution in [0.4, 0.5) is 0 Å². The minimum atomic E-state index is -0.279. The van der Waals surface area contributed by atoms with Crippen molar-refractivity contribution in [2.75, 3.05) is 6.61 Å². The van der Waals surface area contributed by atoms with E-state index in [9.17, 15) is 5.11 Å². The fraction of sp³-hybridized carbons (Fsp3) is 0.833. The lowest BCUT2D eigenvalue weighted by Gasteiger charge is -2.18. The first-order valence-corrected chi connectivity index (χ1v) is 5.59. The Bertz CT molecular complexity index is 154. The Labute approximate surface area is 87.7 Å². The molecule has 0 fully saturated rings. The van der Waals surface area contributed by atoms with Crippen molar-refractivity contribution in [3.63, 3.8) is 0 Å². The van der Waals surface area contributed by atoms with Gasteiger partial charge in [0.2, 0.25) is 0 Å². The van der Waals surface area contributed by atoms with E-state index in [1.165, 1.54) is 0 Å². The van der Waals surface area contributed by atoms with Crippen LogP contribution >= 0.6 is 0 Å². The molecule has 0 rings (SSSR count). The summed E-state index contributed by atoms with van der Waals surface area (Å²) in [6, 6.07) is 0. The minimum Gasteiger partial charge on any atom is -0.396 e. The summed E-state index contributed by atoms with van der Waals surface area (Å²) in [7, 11) is 0. The molecule has 0 saturated heterocycles. The van der Waals surface area contributed by atoms with Gasteiger partial charge in [0.05, 0.1) is 6.10 Å². The van der Waals surface area contributed by atoms with Crippen LogP contribution in [0.5, 0.6) is 0 Å². The molecule has 0 radical (unpaired) electrons. The highest BCUT2D eigenvalue weighted by Crippen LogP contribution is 2.19. The molecule has 0 aromatic rings. The molecular weight excluding hydrogens is 176 g/mol. The van der Waals surface area contributed by atoms with Gasteiger partial charge in [-0.15, -0.1) is 0 Å². The van der Waals surface area contributed by atoms with Crippen LogP contribution in [0.25, 0.3) is 0 Å². The van der Waals surface area contributed by atoms with E-state index in [0.29, 0.717) is 12.3 Å². The van der Waals surface area contributed by atoms with Gasteiger partial charge in [0, 0.05) is 6.61 Å². The van der Waals surface area contributed by atoms with Gasteiger partial charge in [-0.2, -0.15) is 0 Å². The number of hydrogen-bond acceptors (Lipinski definition) is 2. The Kier molecular flexibility index (Phi) is 7.81. The van der Waals surface area contributed by atoms with E-state index in [-0.39, 0.29) is 12.7 Å². The Hall–Kier alpha value is -0.340. The Morgan fingerprint density at radius 1 is 1.36 bits per heavy atom. The SMILES string of the molecule is C=C(CC)C[C@@H](O)C[C@H](CC)CCO. The molecule has 0 amide bonds. The molecular formula is C12H24O2. The molecule has 0 saturated carbocycles. The lowest BCUT2D eigenvalue weighted by atomic mass is 9.92. The van der Waals surface area contributed by atoms with Crippen LogP contribution in [0.2, 0.25) is 0 Å². The highest BCUT2D eigenvalue weighted by molar-refractivity contribution is 4.94. The minimum absolute atomic E-state index is 0.222. The van der Waals surface area contributed by atoms with Crippen molar-refractivity contribution in [1.82, 2.24) is 0 Å². The number of aliphatic hydroxyl groups excluding tert-OH is 2. The van der Waals surface area contributed by atoms with Crippen molar-refractivity contribution in [2.45, 2.75) is 52.1 Å². The lowest BCUT2D eigenvalue weighted by Crippen LogP contribution is -2.14. The normalized spacial score (nSPS) is 15.1. The summed E-state index contributed by atoms with van der Waals surface area (Å²) in [5.74, 6) is 0.444. The molecule has 84 valence electrons. The van der Waals surface area contributed by atoms with E-state index in [1.807, 2.05) is 0 Å². The molecule has 0 aliphatic carbocycles. The van der Waals surface area contributed by atoms with Crippen LogP contribution in [0.15, 0.2) is 12.2 Å². The average molecular weight is 200 g/mol. The molecule has 0 heterocycles. The summed E-state index contributed by atoms with van der Waals surface area (Å²) in [5.41, 5.74) is 1.11. The van der Waals surface area contributed by atoms with E-state index < -0.39 is 0 Å². The maximum atomic E-state index is 9.74. The first kappa shape index (κ1) is 13.7. The Balaban J connectivity index is 3.77. The van der Waals surface area contributed by atoms with Gasteiger partial charge >= 0.3 is 0 Å². The van der Waals surface area contributed by atoms with E-state index in [4.69, 9.17) is 5.11 Å². The van der Waals surface area contributed by atoms with Gasteiger partial charge in [-0.05, 0) is 31.6 Å². The number of rotatable bonds is 8.